The summed E-state index contributed by atoms with van der Waals surface area (Å²) in [7, 11) is 0. The maximum absolute atomic E-state index is 12.9. The number of halogens is 2. The van der Waals surface area contributed by atoms with Crippen LogP contribution in [0.15, 0.2) is 0 Å². The summed E-state index contributed by atoms with van der Waals surface area (Å²) in [5.74, 6) is -3.38. The highest BCUT2D eigenvalue weighted by atomic mass is 19.3. The van der Waals surface area contributed by atoms with Crippen molar-refractivity contribution in [2.24, 2.45) is 11.8 Å². The van der Waals surface area contributed by atoms with Gasteiger partial charge in [-0.3, -0.25) is 4.79 Å². The number of carbonyl (C=O) groups is 1. The molecule has 0 aromatic rings. The SMILES string of the molecule is O=C1CCC(F)(F)C2CCC12. The summed E-state index contributed by atoms with van der Waals surface area (Å²) in [4.78, 5) is 11.0. The molecule has 2 unspecified atom stereocenters. The first-order valence-corrected chi connectivity index (χ1v) is 4.02. The highest BCUT2D eigenvalue weighted by molar-refractivity contribution is 5.83. The van der Waals surface area contributed by atoms with Gasteiger partial charge in [-0.1, -0.05) is 0 Å². The molecule has 2 aliphatic carbocycles. The van der Waals surface area contributed by atoms with Gasteiger partial charge in [0, 0.05) is 24.7 Å². The fourth-order valence-corrected chi connectivity index (χ4v) is 2.05. The van der Waals surface area contributed by atoms with Crippen LogP contribution in [0.25, 0.3) is 0 Å². The summed E-state index contributed by atoms with van der Waals surface area (Å²) in [6.45, 7) is 0. The fraction of sp³-hybridized carbons (Fsp3) is 0.875. The maximum Gasteiger partial charge on any atom is 0.252 e. The van der Waals surface area contributed by atoms with Crippen LogP contribution in [0, 0.1) is 11.8 Å². The molecule has 2 fully saturated rings. The number of rotatable bonds is 0. The van der Waals surface area contributed by atoms with E-state index in [0.29, 0.717) is 12.8 Å². The number of hydrogen-bond acceptors (Lipinski definition) is 1. The van der Waals surface area contributed by atoms with Gasteiger partial charge in [-0.25, -0.2) is 8.78 Å². The molecular weight excluding hydrogens is 150 g/mol. The molecule has 2 rings (SSSR count). The Morgan fingerprint density at radius 3 is 2.55 bits per heavy atom. The van der Waals surface area contributed by atoms with Crippen LogP contribution < -0.4 is 0 Å². The van der Waals surface area contributed by atoms with E-state index in [-0.39, 0.29) is 24.5 Å². The van der Waals surface area contributed by atoms with Gasteiger partial charge in [-0.15, -0.1) is 0 Å². The van der Waals surface area contributed by atoms with E-state index in [4.69, 9.17) is 0 Å². The molecule has 0 amide bonds. The summed E-state index contributed by atoms with van der Waals surface area (Å²) in [6, 6.07) is 0. The molecule has 1 nitrogen and oxygen atoms in total. The second kappa shape index (κ2) is 2.02. The van der Waals surface area contributed by atoms with Crippen molar-refractivity contribution in [1.82, 2.24) is 0 Å². The molecule has 2 aliphatic rings. The van der Waals surface area contributed by atoms with Gasteiger partial charge in [0.2, 0.25) is 0 Å². The van der Waals surface area contributed by atoms with E-state index in [1.165, 1.54) is 0 Å². The summed E-state index contributed by atoms with van der Waals surface area (Å²) in [6.07, 6.45) is 1.11. The van der Waals surface area contributed by atoms with E-state index in [1.54, 1.807) is 0 Å². The molecule has 11 heavy (non-hydrogen) atoms. The lowest BCUT2D eigenvalue weighted by Crippen LogP contribution is -2.48. The molecule has 0 aromatic carbocycles. The Morgan fingerprint density at radius 2 is 2.09 bits per heavy atom. The average molecular weight is 160 g/mol. The first-order chi connectivity index (χ1) is 5.11. The van der Waals surface area contributed by atoms with Crippen LogP contribution in [-0.4, -0.2) is 11.7 Å². The van der Waals surface area contributed by atoms with Gasteiger partial charge in [0.25, 0.3) is 5.92 Å². The van der Waals surface area contributed by atoms with Crippen LogP contribution in [0.1, 0.15) is 25.7 Å². The average Bonchev–Trinajstić information content (AvgIpc) is 1.77. The molecule has 2 atom stereocenters. The third kappa shape index (κ3) is 0.898. The zero-order valence-corrected chi connectivity index (χ0v) is 6.15. The van der Waals surface area contributed by atoms with Gasteiger partial charge in [0.1, 0.15) is 5.78 Å². The van der Waals surface area contributed by atoms with E-state index < -0.39 is 11.8 Å². The van der Waals surface area contributed by atoms with Gasteiger partial charge in [-0.2, -0.15) is 0 Å². The van der Waals surface area contributed by atoms with Gasteiger partial charge >= 0.3 is 0 Å². The molecule has 0 saturated heterocycles. The third-order valence-electron chi connectivity index (χ3n) is 2.94. The van der Waals surface area contributed by atoms with Crippen molar-refractivity contribution in [3.63, 3.8) is 0 Å². The van der Waals surface area contributed by atoms with E-state index >= 15 is 0 Å². The molecule has 3 heteroatoms. The summed E-state index contributed by atoms with van der Waals surface area (Å²) in [5.41, 5.74) is 0. The Hall–Kier alpha value is -0.470. The number of alkyl halides is 2. The smallest absolute Gasteiger partial charge is 0.252 e. The van der Waals surface area contributed by atoms with Crippen molar-refractivity contribution >= 4 is 5.78 Å². The van der Waals surface area contributed by atoms with Gasteiger partial charge in [0.15, 0.2) is 0 Å². The van der Waals surface area contributed by atoms with E-state index in [1.807, 2.05) is 0 Å². The van der Waals surface area contributed by atoms with E-state index in [0.717, 1.165) is 0 Å². The highest BCUT2D eigenvalue weighted by Crippen LogP contribution is 2.51. The van der Waals surface area contributed by atoms with Crippen LogP contribution >= 0.6 is 0 Å². The predicted octanol–water partition coefficient (Wildman–Crippen LogP) is 2.01. The van der Waals surface area contributed by atoms with Crippen molar-refractivity contribution in [2.75, 3.05) is 0 Å². The zero-order chi connectivity index (χ0) is 8.06. The van der Waals surface area contributed by atoms with Crippen molar-refractivity contribution < 1.29 is 13.6 Å². The Bertz CT molecular complexity index is 200. The van der Waals surface area contributed by atoms with E-state index in [2.05, 4.69) is 0 Å². The lowest BCUT2D eigenvalue weighted by molar-refractivity contribution is -0.166. The Kier molecular flexibility index (Phi) is 1.32. The summed E-state index contributed by atoms with van der Waals surface area (Å²) >= 11 is 0. The molecule has 0 radical (unpaired) electrons. The monoisotopic (exact) mass is 160 g/mol. The molecule has 0 N–H and O–H groups in total. The summed E-state index contributed by atoms with van der Waals surface area (Å²) < 4.78 is 25.8. The lowest BCUT2D eigenvalue weighted by atomic mass is 9.63. The number of carbonyl (C=O) groups excluding carboxylic acids is 1. The van der Waals surface area contributed by atoms with Crippen molar-refractivity contribution in [1.29, 1.82) is 0 Å². The minimum absolute atomic E-state index is 0.0622. The van der Waals surface area contributed by atoms with Crippen molar-refractivity contribution in [3.8, 4) is 0 Å². The molecule has 62 valence electrons. The maximum atomic E-state index is 12.9. The standard InChI is InChI=1S/C8H10F2O/c9-8(10)4-3-7(11)5-1-2-6(5)8/h5-6H,1-4H2. The minimum Gasteiger partial charge on any atom is -0.299 e. The first kappa shape index (κ1) is 7.19. The highest BCUT2D eigenvalue weighted by Gasteiger charge is 2.54. The van der Waals surface area contributed by atoms with Crippen LogP contribution in [-0.2, 0) is 4.79 Å². The Labute approximate surface area is 63.8 Å². The number of fused-ring (bicyclic) bond motifs is 1. The first-order valence-electron chi connectivity index (χ1n) is 4.02. The Balaban J connectivity index is 2.17. The second-order valence-electron chi connectivity index (χ2n) is 3.52. The predicted molar refractivity (Wildman–Crippen MR) is 35.4 cm³/mol. The number of ketones is 1. The lowest BCUT2D eigenvalue weighted by Gasteiger charge is -2.44. The topological polar surface area (TPSA) is 17.1 Å². The quantitative estimate of drug-likeness (QED) is 0.529. The number of hydrogen-bond donors (Lipinski definition) is 0. The molecular formula is C8H10F2O. The van der Waals surface area contributed by atoms with Crippen molar-refractivity contribution in [2.45, 2.75) is 31.6 Å². The molecule has 0 heterocycles. The van der Waals surface area contributed by atoms with Crippen LogP contribution in [0.3, 0.4) is 0 Å². The number of Topliss-reactive ketones (excluding diaryl/α,β-unsaturated/α-hetero) is 1. The third-order valence-corrected chi connectivity index (χ3v) is 2.94. The van der Waals surface area contributed by atoms with Crippen LogP contribution in [0.5, 0.6) is 0 Å². The summed E-state index contributed by atoms with van der Waals surface area (Å²) in [5, 5.41) is 0. The second-order valence-corrected chi connectivity index (χ2v) is 3.52. The molecule has 0 aromatic heterocycles. The van der Waals surface area contributed by atoms with Gasteiger partial charge in [0.05, 0.1) is 0 Å². The molecule has 0 aliphatic heterocycles. The van der Waals surface area contributed by atoms with Crippen LogP contribution in [0.4, 0.5) is 8.78 Å². The molecule has 2 saturated carbocycles. The molecule has 0 bridgehead atoms. The zero-order valence-electron chi connectivity index (χ0n) is 6.15. The van der Waals surface area contributed by atoms with Gasteiger partial charge < -0.3 is 0 Å². The molecule has 0 spiro atoms. The largest absolute Gasteiger partial charge is 0.299 e. The Morgan fingerprint density at radius 1 is 1.36 bits per heavy atom. The minimum atomic E-state index is -2.54. The fourth-order valence-electron chi connectivity index (χ4n) is 2.05. The van der Waals surface area contributed by atoms with Gasteiger partial charge in [-0.05, 0) is 12.8 Å². The van der Waals surface area contributed by atoms with Crippen molar-refractivity contribution in [3.05, 3.63) is 0 Å². The van der Waals surface area contributed by atoms with E-state index in [9.17, 15) is 13.6 Å². The van der Waals surface area contributed by atoms with Crippen LogP contribution in [0.2, 0.25) is 0 Å². The normalized spacial score (nSPS) is 41.1.